The first-order chi connectivity index (χ1) is 7.27. The van der Waals surface area contributed by atoms with Crippen LogP contribution in [0.4, 0.5) is 0 Å². The number of aliphatic hydroxyl groups excluding tert-OH is 1. The molecule has 0 saturated heterocycles. The fourth-order valence-corrected chi connectivity index (χ4v) is 0. The van der Waals surface area contributed by atoms with Gasteiger partial charge in [0.2, 0.25) is 0 Å². The number of rotatable bonds is 2. The average Bonchev–Trinajstić information content (AvgIpc) is 2.20. The molecule has 0 radical (unpaired) electrons. The van der Waals surface area contributed by atoms with Crippen molar-refractivity contribution in [2.24, 2.45) is 0 Å². The van der Waals surface area contributed by atoms with E-state index in [0.717, 1.165) is 20.4 Å². The Morgan fingerprint density at radius 2 is 0.875 bits per heavy atom. The fourth-order valence-electron chi connectivity index (χ4n) is 0. The van der Waals surface area contributed by atoms with Crippen LogP contribution in [-0.4, -0.2) is 33.9 Å². The van der Waals surface area contributed by atoms with Crippen LogP contribution in [0.3, 0.4) is 0 Å². The molecule has 0 rings (SSSR count). The van der Waals surface area contributed by atoms with Crippen LogP contribution in [0.25, 0.3) is 0 Å². The Balaban J connectivity index is -0.0000000629. The number of aliphatic hydroxyl groups is 1. The summed E-state index contributed by atoms with van der Waals surface area (Å²) in [5.74, 6) is 0. The zero-order valence-corrected chi connectivity index (χ0v) is 12.4. The van der Waals surface area contributed by atoms with Gasteiger partial charge in [0.15, 0.2) is 0 Å². The van der Waals surface area contributed by atoms with Crippen molar-refractivity contribution in [3.8, 4) is 0 Å². The molecular formula is C9H24O6Ti. The van der Waals surface area contributed by atoms with Crippen molar-refractivity contribution >= 4 is 0 Å². The molecule has 0 amide bonds. The molecule has 7 heteroatoms. The van der Waals surface area contributed by atoms with Gasteiger partial charge in [-0.05, 0) is 41.5 Å². The number of hydrogen-bond acceptors (Lipinski definition) is 6. The van der Waals surface area contributed by atoms with Crippen molar-refractivity contribution in [2.45, 2.75) is 59.9 Å². The summed E-state index contributed by atoms with van der Waals surface area (Å²) in [5, 5.41) is 23.3. The normalized spacial score (nSPS) is 8.44. The van der Waals surface area contributed by atoms with Crippen LogP contribution in [-0.2, 0) is 33.5 Å². The van der Waals surface area contributed by atoms with E-state index >= 15 is 0 Å². The maximum absolute atomic E-state index is 8.25. The summed E-state index contributed by atoms with van der Waals surface area (Å²) in [7, 11) is 0. The molecule has 0 aromatic rings. The van der Waals surface area contributed by atoms with E-state index in [1.54, 1.807) is 41.5 Å². The minimum absolute atomic E-state index is 0.0602. The molecule has 0 spiro atoms. The van der Waals surface area contributed by atoms with Gasteiger partial charge in [-0.2, -0.15) is 0 Å². The molecule has 0 unspecified atom stereocenters. The molecule has 0 aliphatic carbocycles. The molecule has 3 N–H and O–H groups in total. The second-order valence-electron chi connectivity index (χ2n) is 3.40. The summed E-state index contributed by atoms with van der Waals surface area (Å²) in [5.41, 5.74) is 0. The topological polar surface area (TPSA) is 96.2 Å². The van der Waals surface area contributed by atoms with Crippen molar-refractivity contribution in [3.63, 3.8) is 0 Å². The molecule has 6 nitrogen and oxygen atoms in total. The predicted octanol–water partition coefficient (Wildman–Crippen LogP) is 2.03. The van der Waals surface area contributed by atoms with Crippen LogP contribution in [0.15, 0.2) is 0 Å². The van der Waals surface area contributed by atoms with Gasteiger partial charge >= 0.3 is 23.7 Å². The quantitative estimate of drug-likeness (QED) is 0.405. The summed E-state index contributed by atoms with van der Waals surface area (Å²) in [6.07, 6.45) is -0.287. The third-order valence-corrected chi connectivity index (χ3v) is 0.422. The number of hydrogen-bond donors (Lipinski definition) is 3. The molecule has 0 atom stereocenters. The molecule has 0 aliphatic heterocycles. The van der Waals surface area contributed by atoms with Crippen LogP contribution in [0.1, 0.15) is 41.5 Å². The van der Waals surface area contributed by atoms with Crippen LogP contribution in [0, 0.1) is 0 Å². The predicted molar refractivity (Wildman–Crippen MR) is 55.7 cm³/mol. The van der Waals surface area contributed by atoms with Crippen molar-refractivity contribution in [1.82, 2.24) is 0 Å². The van der Waals surface area contributed by atoms with Gasteiger partial charge in [-0.3, -0.25) is 10.5 Å². The second kappa shape index (κ2) is 24.5. The Labute approximate surface area is 109 Å². The maximum atomic E-state index is 8.25. The van der Waals surface area contributed by atoms with Crippen molar-refractivity contribution in [3.05, 3.63) is 0 Å². The van der Waals surface area contributed by atoms with E-state index in [4.69, 9.17) is 18.9 Å². The molecule has 0 heterocycles. The van der Waals surface area contributed by atoms with E-state index in [2.05, 4.69) is 9.78 Å². The summed E-state index contributed by atoms with van der Waals surface area (Å²) >= 11 is 0.750. The van der Waals surface area contributed by atoms with Gasteiger partial charge < -0.3 is 5.11 Å². The molecule has 100 valence electrons. The third-order valence-electron chi connectivity index (χ3n) is 0.422. The van der Waals surface area contributed by atoms with E-state index in [0.29, 0.717) is 0 Å². The Morgan fingerprint density at radius 3 is 0.875 bits per heavy atom. The Bertz CT molecular complexity index is 89.2. The summed E-state index contributed by atoms with van der Waals surface area (Å²) in [6.45, 7) is 10.4. The van der Waals surface area contributed by atoms with E-state index in [9.17, 15) is 0 Å². The van der Waals surface area contributed by atoms with Crippen LogP contribution in [0.5, 0.6) is 0 Å². The van der Waals surface area contributed by atoms with E-state index in [-0.39, 0.29) is 18.3 Å². The van der Waals surface area contributed by atoms with E-state index in [1.807, 2.05) is 0 Å². The molecule has 0 fully saturated rings. The van der Waals surface area contributed by atoms with Gasteiger partial charge in [-0.1, -0.05) is 0 Å². The van der Waals surface area contributed by atoms with Gasteiger partial charge in [0.05, 0.1) is 12.2 Å². The van der Waals surface area contributed by atoms with E-state index < -0.39 is 0 Å². The summed E-state index contributed by atoms with van der Waals surface area (Å²) in [6, 6.07) is 0. The van der Waals surface area contributed by atoms with E-state index in [1.165, 1.54) is 0 Å². The molecule has 0 aromatic heterocycles. The van der Waals surface area contributed by atoms with Crippen LogP contribution < -0.4 is 0 Å². The molecule has 0 aliphatic rings. The minimum atomic E-state index is -0.167. The van der Waals surface area contributed by atoms with Gasteiger partial charge in [-0.25, -0.2) is 9.78 Å². The first kappa shape index (κ1) is 25.2. The zero-order chi connectivity index (χ0) is 14.1. The van der Waals surface area contributed by atoms with Crippen molar-refractivity contribution < 1.29 is 49.1 Å². The first-order valence-electron chi connectivity index (χ1n) is 4.76. The van der Waals surface area contributed by atoms with Crippen molar-refractivity contribution in [1.29, 1.82) is 0 Å². The van der Waals surface area contributed by atoms with Gasteiger partial charge in [0.25, 0.3) is 0 Å². The standard InChI is InChI=1S/2C3H8O2.C3H8O.O.Ti/c2*1-3(2)5-4;1-3(2)4;;/h2*3-4H,1-2H3;3-4H,1-2H3;;. The summed E-state index contributed by atoms with van der Waals surface area (Å²) < 4.78 is 8.25. The van der Waals surface area contributed by atoms with Crippen LogP contribution >= 0.6 is 0 Å². The molecular weight excluding hydrogens is 252 g/mol. The second-order valence-corrected chi connectivity index (χ2v) is 3.40. The average molecular weight is 276 g/mol. The Hall–Kier alpha value is 0.314. The fraction of sp³-hybridized carbons (Fsp3) is 1.00. The zero-order valence-electron chi connectivity index (χ0n) is 10.8. The molecule has 0 aromatic carbocycles. The van der Waals surface area contributed by atoms with Crippen molar-refractivity contribution in [2.75, 3.05) is 0 Å². The Kier molecular flexibility index (Phi) is 38.7. The van der Waals surface area contributed by atoms with Gasteiger partial charge in [0, 0.05) is 6.10 Å². The molecule has 0 saturated carbocycles. The van der Waals surface area contributed by atoms with Gasteiger partial charge in [0.1, 0.15) is 0 Å². The summed E-state index contributed by atoms with van der Waals surface area (Å²) in [4.78, 5) is 7.50. The van der Waals surface area contributed by atoms with Crippen LogP contribution in [0.2, 0.25) is 0 Å². The third kappa shape index (κ3) is 136. The Morgan fingerprint density at radius 1 is 0.812 bits per heavy atom. The SMILES string of the molecule is CC(C)O.CC(C)OO.CC(C)OO.[O]=[Ti]. The monoisotopic (exact) mass is 276 g/mol. The van der Waals surface area contributed by atoms with Gasteiger partial charge in [-0.15, -0.1) is 0 Å². The first-order valence-corrected chi connectivity index (χ1v) is 5.40. The molecule has 16 heavy (non-hydrogen) atoms. The molecule has 0 bridgehead atoms.